The van der Waals surface area contributed by atoms with Crippen molar-refractivity contribution < 1.29 is 14.5 Å². The Kier molecular flexibility index (Phi) is 6.99. The molecule has 1 aromatic heterocycles. The van der Waals surface area contributed by atoms with Crippen LogP contribution in [0.25, 0.3) is 0 Å². The van der Waals surface area contributed by atoms with Gasteiger partial charge in [-0.3, -0.25) is 10.1 Å². The second-order valence-electron chi connectivity index (χ2n) is 7.16. The van der Waals surface area contributed by atoms with Gasteiger partial charge in [-0.15, -0.1) is 0 Å². The minimum Gasteiger partial charge on any atom is -0.466 e. The highest BCUT2D eigenvalue weighted by molar-refractivity contribution is 6.29. The van der Waals surface area contributed by atoms with Gasteiger partial charge in [-0.25, -0.2) is 9.78 Å². The molecule has 3 rings (SSSR count). The highest BCUT2D eigenvalue weighted by Crippen LogP contribution is 2.42. The summed E-state index contributed by atoms with van der Waals surface area (Å²) in [6.45, 7) is 2.66. The van der Waals surface area contributed by atoms with Gasteiger partial charge in [0.05, 0.1) is 17.6 Å². The molecule has 1 unspecified atom stereocenters. The molecule has 0 bridgehead atoms. The number of esters is 1. The molecule has 2 heterocycles. The first-order chi connectivity index (χ1) is 15.3. The van der Waals surface area contributed by atoms with Crippen LogP contribution < -0.4 is 5.73 Å². The number of carbonyl (C=O) groups is 1. The van der Waals surface area contributed by atoms with Gasteiger partial charge in [0.1, 0.15) is 16.9 Å². The lowest BCUT2D eigenvalue weighted by Crippen LogP contribution is -2.43. The second-order valence-corrected chi connectivity index (χ2v) is 7.55. The van der Waals surface area contributed by atoms with Gasteiger partial charge >= 0.3 is 5.97 Å². The smallest absolute Gasteiger partial charge is 0.338 e. The van der Waals surface area contributed by atoms with Crippen molar-refractivity contribution in [3.05, 3.63) is 98.0 Å². The molecule has 9 nitrogen and oxygen atoms in total. The number of nitrogens with zero attached hydrogens (tertiary/aromatic N) is 4. The first-order valence-corrected chi connectivity index (χ1v) is 10.3. The third-order valence-corrected chi connectivity index (χ3v) is 5.55. The Morgan fingerprint density at radius 3 is 2.53 bits per heavy atom. The molecule has 0 spiro atoms. The largest absolute Gasteiger partial charge is 0.466 e. The fourth-order valence-electron chi connectivity index (χ4n) is 3.80. The zero-order chi connectivity index (χ0) is 23.4. The standard InChI is InChI=1S/C22H24ClN5O4/c1-4-27(13-14-10-11-16(23)25-12-14)21-19(28(30)31)17(15-8-6-5-7-9-15)18(22(29)32-3)20(24)26(21)2/h5-12,17H,4,13,24H2,1-3H3. The van der Waals surface area contributed by atoms with Gasteiger partial charge in [0, 0.05) is 26.3 Å². The van der Waals surface area contributed by atoms with Crippen LogP contribution in [0.3, 0.4) is 0 Å². The maximum absolute atomic E-state index is 12.7. The van der Waals surface area contributed by atoms with E-state index in [2.05, 4.69) is 4.98 Å². The number of ether oxygens (including phenoxy) is 1. The zero-order valence-electron chi connectivity index (χ0n) is 18.0. The molecule has 10 heteroatoms. The van der Waals surface area contributed by atoms with Crippen molar-refractivity contribution in [2.24, 2.45) is 5.73 Å². The molecule has 2 aromatic rings. The lowest BCUT2D eigenvalue weighted by molar-refractivity contribution is -0.433. The molecule has 1 atom stereocenters. The molecule has 0 saturated carbocycles. The number of carbonyl (C=O) groups excluding carboxylic acids is 1. The number of rotatable bonds is 7. The second kappa shape index (κ2) is 9.69. The van der Waals surface area contributed by atoms with Gasteiger partial charge in [-0.05, 0) is 24.1 Å². The molecule has 0 saturated heterocycles. The first kappa shape index (κ1) is 23.1. The van der Waals surface area contributed by atoms with Crippen molar-refractivity contribution in [2.75, 3.05) is 20.7 Å². The van der Waals surface area contributed by atoms with Gasteiger partial charge in [0.15, 0.2) is 5.82 Å². The Bertz CT molecular complexity index is 1070. The van der Waals surface area contributed by atoms with Crippen molar-refractivity contribution >= 4 is 17.6 Å². The van der Waals surface area contributed by atoms with Crippen molar-refractivity contribution in [2.45, 2.75) is 19.4 Å². The summed E-state index contributed by atoms with van der Waals surface area (Å²) in [5.41, 5.74) is 7.63. The molecule has 0 radical (unpaired) electrons. The quantitative estimate of drug-likeness (QED) is 0.292. The highest BCUT2D eigenvalue weighted by atomic mass is 35.5. The van der Waals surface area contributed by atoms with E-state index in [9.17, 15) is 14.9 Å². The molecule has 0 amide bonds. The molecule has 0 aliphatic carbocycles. The van der Waals surface area contributed by atoms with E-state index in [-0.39, 0.29) is 17.1 Å². The van der Waals surface area contributed by atoms with Crippen LogP contribution in [0.4, 0.5) is 0 Å². The van der Waals surface area contributed by atoms with E-state index in [0.717, 1.165) is 5.56 Å². The molecular formula is C22H24ClN5O4. The molecule has 1 aliphatic rings. The summed E-state index contributed by atoms with van der Waals surface area (Å²) in [4.78, 5) is 32.0. The van der Waals surface area contributed by atoms with Crippen LogP contribution in [-0.2, 0) is 16.1 Å². The van der Waals surface area contributed by atoms with E-state index in [1.54, 1.807) is 55.7 Å². The first-order valence-electron chi connectivity index (χ1n) is 9.90. The number of nitrogens with two attached hydrogens (primary N) is 1. The van der Waals surface area contributed by atoms with E-state index in [4.69, 9.17) is 22.1 Å². The van der Waals surface area contributed by atoms with E-state index >= 15 is 0 Å². The molecule has 168 valence electrons. The summed E-state index contributed by atoms with van der Waals surface area (Å²) in [5, 5.41) is 12.8. The van der Waals surface area contributed by atoms with Gasteiger partial charge in [0.25, 0.3) is 5.70 Å². The van der Waals surface area contributed by atoms with Gasteiger partial charge in [-0.2, -0.15) is 0 Å². The number of hydrogen-bond donors (Lipinski definition) is 1. The van der Waals surface area contributed by atoms with Gasteiger partial charge in [-0.1, -0.05) is 48.0 Å². The fourth-order valence-corrected chi connectivity index (χ4v) is 3.91. The van der Waals surface area contributed by atoms with Crippen LogP contribution in [-0.4, -0.2) is 46.4 Å². The maximum Gasteiger partial charge on any atom is 0.338 e. The van der Waals surface area contributed by atoms with E-state index in [0.29, 0.717) is 29.6 Å². The summed E-state index contributed by atoms with van der Waals surface area (Å²) in [6.07, 6.45) is 1.62. The number of benzene rings is 1. The minimum absolute atomic E-state index is 0.0286. The Morgan fingerprint density at radius 2 is 2.00 bits per heavy atom. The van der Waals surface area contributed by atoms with Crippen molar-refractivity contribution in [1.82, 2.24) is 14.8 Å². The average molecular weight is 458 g/mol. The minimum atomic E-state index is -0.998. The highest BCUT2D eigenvalue weighted by Gasteiger charge is 2.46. The van der Waals surface area contributed by atoms with Crippen molar-refractivity contribution in [3.63, 3.8) is 0 Å². The SMILES string of the molecule is CCN(Cc1ccc(Cl)nc1)C1=C([N+](=O)[O-])C(c2ccccc2)C(C(=O)OC)=C(N)N1C. The Labute approximate surface area is 190 Å². The van der Waals surface area contributed by atoms with Crippen LogP contribution >= 0.6 is 11.6 Å². The summed E-state index contributed by atoms with van der Waals surface area (Å²) < 4.78 is 4.93. The van der Waals surface area contributed by atoms with E-state index < -0.39 is 16.8 Å². The maximum atomic E-state index is 12.7. The molecule has 32 heavy (non-hydrogen) atoms. The number of allylic oxidation sites excluding steroid dienone is 1. The van der Waals surface area contributed by atoms with Crippen LogP contribution in [0.15, 0.2) is 71.6 Å². The third-order valence-electron chi connectivity index (χ3n) is 5.32. The lowest BCUT2D eigenvalue weighted by atomic mass is 9.85. The number of hydrogen-bond acceptors (Lipinski definition) is 8. The average Bonchev–Trinajstić information content (AvgIpc) is 2.80. The van der Waals surface area contributed by atoms with E-state index in [1.807, 2.05) is 11.8 Å². The zero-order valence-corrected chi connectivity index (χ0v) is 18.7. The van der Waals surface area contributed by atoms with Crippen LogP contribution in [0.1, 0.15) is 24.0 Å². The molecule has 0 fully saturated rings. The summed E-state index contributed by atoms with van der Waals surface area (Å²) >= 11 is 5.89. The topological polar surface area (TPSA) is 115 Å². The van der Waals surface area contributed by atoms with Crippen molar-refractivity contribution in [3.8, 4) is 0 Å². The van der Waals surface area contributed by atoms with E-state index in [1.165, 1.54) is 12.0 Å². The number of aromatic nitrogens is 1. The number of methoxy groups -OCH3 is 1. The van der Waals surface area contributed by atoms with Crippen LogP contribution in [0, 0.1) is 10.1 Å². The summed E-state index contributed by atoms with van der Waals surface area (Å²) in [5.74, 6) is -1.32. The van der Waals surface area contributed by atoms with Gasteiger partial charge in [0.2, 0.25) is 0 Å². The predicted molar refractivity (Wildman–Crippen MR) is 120 cm³/mol. The summed E-state index contributed by atoms with van der Waals surface area (Å²) in [6, 6.07) is 12.2. The van der Waals surface area contributed by atoms with Crippen LogP contribution in [0.2, 0.25) is 5.15 Å². The molecule has 1 aliphatic heterocycles. The lowest BCUT2D eigenvalue weighted by Gasteiger charge is -2.38. The Hall–Kier alpha value is -3.59. The Morgan fingerprint density at radius 1 is 1.31 bits per heavy atom. The number of halogens is 1. The number of pyridine rings is 1. The molecular weight excluding hydrogens is 434 g/mol. The normalized spacial score (nSPS) is 16.2. The summed E-state index contributed by atoms with van der Waals surface area (Å²) in [7, 11) is 2.82. The third kappa shape index (κ3) is 4.38. The van der Waals surface area contributed by atoms with Crippen molar-refractivity contribution in [1.29, 1.82) is 0 Å². The molecule has 2 N–H and O–H groups in total. The molecule has 1 aromatic carbocycles. The van der Waals surface area contributed by atoms with Gasteiger partial charge < -0.3 is 20.3 Å². The predicted octanol–water partition coefficient (Wildman–Crippen LogP) is 3.08. The Balaban J connectivity index is 2.22. The monoisotopic (exact) mass is 457 g/mol. The number of nitro groups is 1. The fraction of sp³-hybridized carbons (Fsp3) is 0.273. The van der Waals surface area contributed by atoms with Crippen LogP contribution in [0.5, 0.6) is 0 Å².